The summed E-state index contributed by atoms with van der Waals surface area (Å²) in [5, 5.41) is 14.6. The van der Waals surface area contributed by atoms with Crippen molar-refractivity contribution < 1.29 is 14.3 Å². The minimum absolute atomic E-state index is 0.0200. The molecule has 3 aromatic rings. The summed E-state index contributed by atoms with van der Waals surface area (Å²) in [7, 11) is 0. The van der Waals surface area contributed by atoms with Gasteiger partial charge in [-0.15, -0.1) is 0 Å². The van der Waals surface area contributed by atoms with E-state index in [-0.39, 0.29) is 18.0 Å². The maximum Gasteiger partial charge on any atom is 0.271 e. The van der Waals surface area contributed by atoms with E-state index in [1.165, 1.54) is 4.90 Å². The van der Waals surface area contributed by atoms with Gasteiger partial charge in [-0.1, -0.05) is 44.7 Å². The molecule has 0 saturated heterocycles. The second kappa shape index (κ2) is 11.1. The van der Waals surface area contributed by atoms with Crippen molar-refractivity contribution in [2.24, 2.45) is 5.92 Å². The molecular weight excluding hydrogens is 476 g/mol. The first kappa shape index (κ1) is 26.4. The highest BCUT2D eigenvalue weighted by atomic mass is 16.5. The summed E-state index contributed by atoms with van der Waals surface area (Å²) in [6.07, 6.45) is 5.28. The van der Waals surface area contributed by atoms with Crippen LogP contribution >= 0.6 is 0 Å². The van der Waals surface area contributed by atoms with E-state index in [2.05, 4.69) is 6.58 Å². The van der Waals surface area contributed by atoms with Gasteiger partial charge in [0, 0.05) is 29.4 Å². The van der Waals surface area contributed by atoms with Crippen LogP contribution in [0.1, 0.15) is 31.9 Å². The van der Waals surface area contributed by atoms with E-state index in [1.807, 2.05) is 81.6 Å². The standard InChI is InChI=1S/C31H30N4O3/c1-6-14-38-25-12-13-26(21(4)15-25)29-23(19-35(33-29)24-10-8-7-9-11-24)16-27-22(5)28(17-32)31(37)34(30(27)36)18-20(2)3/h6-13,15-16,19-20H,1,14,18H2,2-5H3/b27-16+. The number of carbonyl (C=O) groups is 2. The molecule has 2 aromatic carbocycles. The van der Waals surface area contributed by atoms with Crippen molar-refractivity contribution in [2.45, 2.75) is 27.7 Å². The third kappa shape index (κ3) is 5.21. The lowest BCUT2D eigenvalue weighted by atomic mass is 9.92. The van der Waals surface area contributed by atoms with Gasteiger partial charge in [-0.2, -0.15) is 10.4 Å². The van der Waals surface area contributed by atoms with Crippen LogP contribution in [-0.2, 0) is 9.59 Å². The minimum Gasteiger partial charge on any atom is -0.490 e. The molecule has 1 aliphatic heterocycles. The quantitative estimate of drug-likeness (QED) is 0.223. The topological polar surface area (TPSA) is 88.2 Å². The van der Waals surface area contributed by atoms with Crippen molar-refractivity contribution in [2.75, 3.05) is 13.2 Å². The number of aromatic nitrogens is 2. The molecule has 1 aliphatic rings. The number of imide groups is 1. The highest BCUT2D eigenvalue weighted by Crippen LogP contribution is 2.33. The van der Waals surface area contributed by atoms with Crippen LogP contribution in [0.5, 0.6) is 5.75 Å². The van der Waals surface area contributed by atoms with E-state index in [9.17, 15) is 14.9 Å². The van der Waals surface area contributed by atoms with Crippen LogP contribution in [0.15, 0.2) is 84.1 Å². The Morgan fingerprint density at radius 2 is 1.84 bits per heavy atom. The Labute approximate surface area is 223 Å². The Balaban J connectivity index is 1.90. The third-order valence-corrected chi connectivity index (χ3v) is 6.26. The lowest BCUT2D eigenvalue weighted by Crippen LogP contribution is -2.44. The number of nitrogens with zero attached hydrogens (tertiary/aromatic N) is 4. The van der Waals surface area contributed by atoms with Gasteiger partial charge in [-0.3, -0.25) is 14.5 Å². The summed E-state index contributed by atoms with van der Waals surface area (Å²) in [5.41, 5.74) is 4.69. The van der Waals surface area contributed by atoms with Gasteiger partial charge in [0.25, 0.3) is 11.8 Å². The molecule has 0 radical (unpaired) electrons. The number of hydrogen-bond donors (Lipinski definition) is 0. The molecule has 7 nitrogen and oxygen atoms in total. The van der Waals surface area contributed by atoms with Crippen molar-refractivity contribution in [3.8, 4) is 28.8 Å². The van der Waals surface area contributed by atoms with Crippen LogP contribution in [0.4, 0.5) is 0 Å². The fraction of sp³-hybridized carbons (Fsp3) is 0.226. The van der Waals surface area contributed by atoms with Crippen LogP contribution in [0, 0.1) is 24.2 Å². The van der Waals surface area contributed by atoms with Crippen molar-refractivity contribution in [1.82, 2.24) is 14.7 Å². The number of carbonyl (C=O) groups excluding carboxylic acids is 2. The SMILES string of the molecule is C=CCOc1ccc(-c2nn(-c3ccccc3)cc2/C=C2/C(=O)N(CC(C)C)C(=O)C(C#N)=C2C)c(C)c1. The number of aryl methyl sites for hydroxylation is 1. The first-order valence-electron chi connectivity index (χ1n) is 12.4. The van der Waals surface area contributed by atoms with E-state index >= 15 is 0 Å². The molecule has 192 valence electrons. The summed E-state index contributed by atoms with van der Waals surface area (Å²) < 4.78 is 7.45. The van der Waals surface area contributed by atoms with Gasteiger partial charge in [-0.25, -0.2) is 4.68 Å². The number of nitriles is 1. The predicted octanol–water partition coefficient (Wildman–Crippen LogP) is 5.66. The molecule has 0 aliphatic carbocycles. The highest BCUT2D eigenvalue weighted by Gasteiger charge is 2.36. The number of benzene rings is 2. The molecule has 2 amide bonds. The first-order chi connectivity index (χ1) is 18.2. The van der Waals surface area contributed by atoms with E-state index in [0.717, 1.165) is 22.6 Å². The number of rotatable bonds is 8. The molecule has 0 unspecified atom stereocenters. The Morgan fingerprint density at radius 1 is 1.11 bits per heavy atom. The van der Waals surface area contributed by atoms with E-state index in [4.69, 9.17) is 9.84 Å². The Bertz CT molecular complexity index is 1500. The second-order valence-corrected chi connectivity index (χ2v) is 9.57. The van der Waals surface area contributed by atoms with E-state index in [1.54, 1.807) is 23.8 Å². The highest BCUT2D eigenvalue weighted by molar-refractivity contribution is 6.19. The van der Waals surface area contributed by atoms with Gasteiger partial charge < -0.3 is 4.74 Å². The molecule has 0 fully saturated rings. The Hall–Kier alpha value is -4.70. The van der Waals surface area contributed by atoms with Crippen molar-refractivity contribution in [3.63, 3.8) is 0 Å². The smallest absolute Gasteiger partial charge is 0.271 e. The molecule has 7 heteroatoms. The zero-order valence-corrected chi connectivity index (χ0v) is 22.1. The third-order valence-electron chi connectivity index (χ3n) is 6.26. The summed E-state index contributed by atoms with van der Waals surface area (Å²) in [5.74, 6) is -0.185. The summed E-state index contributed by atoms with van der Waals surface area (Å²) >= 11 is 0. The van der Waals surface area contributed by atoms with Gasteiger partial charge in [0.05, 0.1) is 5.69 Å². The molecule has 2 heterocycles. The molecular formula is C31H30N4O3. The van der Waals surface area contributed by atoms with E-state index in [0.29, 0.717) is 29.0 Å². The molecule has 0 spiro atoms. The zero-order valence-electron chi connectivity index (χ0n) is 22.1. The largest absolute Gasteiger partial charge is 0.490 e. The van der Waals surface area contributed by atoms with Crippen LogP contribution in [0.3, 0.4) is 0 Å². The number of hydrogen-bond acceptors (Lipinski definition) is 5. The molecule has 0 bridgehead atoms. The number of amides is 2. The van der Waals surface area contributed by atoms with Crippen LogP contribution < -0.4 is 4.74 Å². The summed E-state index contributed by atoms with van der Waals surface area (Å²) in [6.45, 7) is 11.8. The van der Waals surface area contributed by atoms with Crippen LogP contribution in [-0.4, -0.2) is 39.6 Å². The van der Waals surface area contributed by atoms with Crippen molar-refractivity contribution >= 4 is 17.9 Å². The lowest BCUT2D eigenvalue weighted by Gasteiger charge is -2.28. The molecule has 0 N–H and O–H groups in total. The fourth-order valence-electron chi connectivity index (χ4n) is 4.38. The monoisotopic (exact) mass is 506 g/mol. The van der Waals surface area contributed by atoms with Crippen molar-refractivity contribution in [1.29, 1.82) is 5.26 Å². The molecule has 1 aromatic heterocycles. The van der Waals surface area contributed by atoms with Crippen LogP contribution in [0.2, 0.25) is 0 Å². The second-order valence-electron chi connectivity index (χ2n) is 9.57. The van der Waals surface area contributed by atoms with Gasteiger partial charge >= 0.3 is 0 Å². The lowest BCUT2D eigenvalue weighted by molar-refractivity contribution is -0.141. The van der Waals surface area contributed by atoms with Crippen LogP contribution in [0.25, 0.3) is 23.0 Å². The Kier molecular flexibility index (Phi) is 7.73. The average Bonchev–Trinajstić information content (AvgIpc) is 3.32. The molecule has 0 saturated carbocycles. The number of para-hydroxylation sites is 1. The maximum atomic E-state index is 13.5. The average molecular weight is 507 g/mol. The fourth-order valence-corrected chi connectivity index (χ4v) is 4.38. The summed E-state index contributed by atoms with van der Waals surface area (Å²) in [6, 6.07) is 17.4. The van der Waals surface area contributed by atoms with Gasteiger partial charge in [0.2, 0.25) is 0 Å². The molecule has 4 rings (SSSR count). The molecule has 38 heavy (non-hydrogen) atoms. The minimum atomic E-state index is -0.549. The number of ether oxygens (including phenoxy) is 1. The first-order valence-corrected chi connectivity index (χ1v) is 12.4. The Morgan fingerprint density at radius 3 is 2.47 bits per heavy atom. The van der Waals surface area contributed by atoms with Gasteiger partial charge in [0.1, 0.15) is 29.7 Å². The van der Waals surface area contributed by atoms with Crippen molar-refractivity contribution in [3.05, 3.63) is 95.2 Å². The van der Waals surface area contributed by atoms with E-state index < -0.39 is 11.8 Å². The molecule has 0 atom stereocenters. The van der Waals surface area contributed by atoms with Gasteiger partial charge in [-0.05, 0) is 67.3 Å². The normalized spacial score (nSPS) is 14.8. The zero-order chi connectivity index (χ0) is 27.4. The maximum absolute atomic E-state index is 13.5. The predicted molar refractivity (Wildman–Crippen MR) is 147 cm³/mol. The van der Waals surface area contributed by atoms with Gasteiger partial charge in [0.15, 0.2) is 0 Å². The summed E-state index contributed by atoms with van der Waals surface area (Å²) in [4.78, 5) is 27.6.